The summed E-state index contributed by atoms with van der Waals surface area (Å²) in [6, 6.07) is 2.00. The summed E-state index contributed by atoms with van der Waals surface area (Å²) in [4.78, 5) is 23.9. The third-order valence-electron chi connectivity index (χ3n) is 4.28. The number of nitrogens with one attached hydrogen (secondary N) is 2. The van der Waals surface area contributed by atoms with Gasteiger partial charge in [-0.3, -0.25) is 9.78 Å². The lowest BCUT2D eigenvalue weighted by Crippen LogP contribution is -2.38. The minimum atomic E-state index is -0.276. The highest BCUT2D eigenvalue weighted by atomic mass is 16.5. The van der Waals surface area contributed by atoms with Crippen LogP contribution in [0.3, 0.4) is 0 Å². The lowest BCUT2D eigenvalue weighted by atomic mass is 9.92. The number of carbonyl (C=O) groups excluding carboxylic acids is 1. The Balaban J connectivity index is 1.57. The van der Waals surface area contributed by atoms with Gasteiger partial charge in [0.1, 0.15) is 11.9 Å². The Morgan fingerprint density at radius 2 is 2.39 bits per heavy atom. The van der Waals surface area contributed by atoms with E-state index < -0.39 is 0 Å². The molecule has 6 nitrogen and oxygen atoms in total. The van der Waals surface area contributed by atoms with Crippen LogP contribution in [0.15, 0.2) is 30.9 Å². The summed E-state index contributed by atoms with van der Waals surface area (Å²) in [5.41, 5.74) is 2.36. The molecule has 0 spiro atoms. The van der Waals surface area contributed by atoms with Gasteiger partial charge in [0.05, 0.1) is 5.92 Å². The summed E-state index contributed by atoms with van der Waals surface area (Å²) in [7, 11) is 0. The molecule has 2 aromatic heterocycles. The Hall–Kier alpha value is -2.21. The lowest BCUT2D eigenvalue weighted by molar-refractivity contribution is -0.135. The number of pyridine rings is 1. The molecule has 0 saturated carbocycles. The Morgan fingerprint density at radius 3 is 3.17 bits per heavy atom. The normalized spacial score (nSPS) is 21.1. The van der Waals surface area contributed by atoms with Crippen molar-refractivity contribution in [2.75, 3.05) is 13.2 Å². The molecule has 1 amide bonds. The molecular formula is C17H22N4O2. The Bertz CT molecular complexity index is 642. The fraction of sp³-hybridized carbons (Fsp3) is 0.471. The molecule has 23 heavy (non-hydrogen) atoms. The summed E-state index contributed by atoms with van der Waals surface area (Å²) in [5, 5.41) is 3.04. The number of aryl methyl sites for hydroxylation is 1. The van der Waals surface area contributed by atoms with Crippen LogP contribution in [-0.4, -0.2) is 34.0 Å². The van der Waals surface area contributed by atoms with Crippen molar-refractivity contribution in [2.45, 2.75) is 32.3 Å². The van der Waals surface area contributed by atoms with Gasteiger partial charge in [-0.15, -0.1) is 0 Å². The quantitative estimate of drug-likeness (QED) is 0.884. The molecule has 1 fully saturated rings. The van der Waals surface area contributed by atoms with E-state index in [-0.39, 0.29) is 17.9 Å². The van der Waals surface area contributed by atoms with E-state index in [0.717, 1.165) is 30.7 Å². The number of amides is 1. The summed E-state index contributed by atoms with van der Waals surface area (Å²) < 4.78 is 5.78. The zero-order valence-electron chi connectivity index (χ0n) is 13.3. The first-order valence-electron chi connectivity index (χ1n) is 8.04. The van der Waals surface area contributed by atoms with Crippen LogP contribution in [-0.2, 0) is 16.0 Å². The van der Waals surface area contributed by atoms with Crippen LogP contribution in [0.1, 0.15) is 35.9 Å². The van der Waals surface area contributed by atoms with Gasteiger partial charge in [-0.1, -0.05) is 0 Å². The van der Waals surface area contributed by atoms with Gasteiger partial charge >= 0.3 is 0 Å². The maximum Gasteiger partial charge on any atom is 0.226 e. The van der Waals surface area contributed by atoms with E-state index in [9.17, 15) is 4.79 Å². The van der Waals surface area contributed by atoms with Crippen LogP contribution in [0.4, 0.5) is 0 Å². The second kappa shape index (κ2) is 7.37. The molecule has 0 radical (unpaired) electrons. The molecule has 3 rings (SSSR count). The van der Waals surface area contributed by atoms with Crippen LogP contribution < -0.4 is 5.32 Å². The van der Waals surface area contributed by atoms with Crippen LogP contribution in [0.2, 0.25) is 0 Å². The molecule has 6 heteroatoms. The number of ether oxygens (including phenoxy) is 1. The molecular weight excluding hydrogens is 292 g/mol. The number of hydrogen-bond donors (Lipinski definition) is 2. The molecule has 0 unspecified atom stereocenters. The molecule has 1 aliphatic rings. The Kier molecular flexibility index (Phi) is 5.02. The van der Waals surface area contributed by atoms with Crippen LogP contribution in [0.25, 0.3) is 0 Å². The van der Waals surface area contributed by atoms with Gasteiger partial charge in [0.15, 0.2) is 0 Å². The summed E-state index contributed by atoms with van der Waals surface area (Å²) in [6.07, 6.45) is 9.33. The van der Waals surface area contributed by atoms with Gasteiger partial charge in [0.25, 0.3) is 0 Å². The largest absolute Gasteiger partial charge is 0.369 e. The highest BCUT2D eigenvalue weighted by Crippen LogP contribution is 2.31. The van der Waals surface area contributed by atoms with E-state index in [4.69, 9.17) is 4.74 Å². The van der Waals surface area contributed by atoms with Gasteiger partial charge in [0, 0.05) is 37.9 Å². The molecule has 0 aliphatic carbocycles. The highest BCUT2D eigenvalue weighted by Gasteiger charge is 2.34. The van der Waals surface area contributed by atoms with Crippen molar-refractivity contribution in [1.82, 2.24) is 20.3 Å². The molecule has 0 bridgehead atoms. The second-order valence-electron chi connectivity index (χ2n) is 5.86. The van der Waals surface area contributed by atoms with Crippen molar-refractivity contribution in [2.24, 2.45) is 5.92 Å². The molecule has 0 aromatic carbocycles. The predicted octanol–water partition coefficient (Wildman–Crippen LogP) is 1.94. The smallest absolute Gasteiger partial charge is 0.226 e. The number of aromatic amines is 1. The van der Waals surface area contributed by atoms with Crippen molar-refractivity contribution in [1.29, 1.82) is 0 Å². The SMILES string of the molecule is Cc1cnccc1CCNC(=O)[C@@H]1CCCO[C@H]1c1ncc[nH]1. The number of hydrogen-bond acceptors (Lipinski definition) is 4. The Morgan fingerprint density at radius 1 is 1.48 bits per heavy atom. The van der Waals surface area contributed by atoms with Gasteiger partial charge < -0.3 is 15.0 Å². The minimum Gasteiger partial charge on any atom is -0.369 e. The van der Waals surface area contributed by atoms with Gasteiger partial charge in [-0.25, -0.2) is 4.98 Å². The topological polar surface area (TPSA) is 79.9 Å². The van der Waals surface area contributed by atoms with Crippen LogP contribution in [0, 0.1) is 12.8 Å². The lowest BCUT2D eigenvalue weighted by Gasteiger charge is -2.29. The minimum absolute atomic E-state index is 0.0396. The first kappa shape index (κ1) is 15.7. The van der Waals surface area contributed by atoms with Gasteiger partial charge in [-0.05, 0) is 43.4 Å². The van der Waals surface area contributed by atoms with E-state index in [1.54, 1.807) is 18.6 Å². The van der Waals surface area contributed by atoms with Gasteiger partial charge in [0.2, 0.25) is 5.91 Å². The third-order valence-corrected chi connectivity index (χ3v) is 4.28. The fourth-order valence-electron chi connectivity index (χ4n) is 2.99. The number of nitrogens with zero attached hydrogens (tertiary/aromatic N) is 2. The van der Waals surface area contributed by atoms with Crippen LogP contribution >= 0.6 is 0 Å². The maximum atomic E-state index is 12.5. The third kappa shape index (κ3) is 3.76. The Labute approximate surface area is 135 Å². The highest BCUT2D eigenvalue weighted by molar-refractivity contribution is 5.79. The van der Waals surface area contributed by atoms with E-state index in [1.165, 1.54) is 5.56 Å². The second-order valence-corrected chi connectivity index (χ2v) is 5.86. The molecule has 1 aliphatic heterocycles. The molecule has 3 heterocycles. The van der Waals surface area contributed by atoms with Crippen molar-refractivity contribution in [3.63, 3.8) is 0 Å². The van der Waals surface area contributed by atoms with E-state index >= 15 is 0 Å². The first-order chi connectivity index (χ1) is 11.3. The predicted molar refractivity (Wildman–Crippen MR) is 85.7 cm³/mol. The van der Waals surface area contributed by atoms with Crippen LogP contribution in [0.5, 0.6) is 0 Å². The first-order valence-corrected chi connectivity index (χ1v) is 8.04. The summed E-state index contributed by atoms with van der Waals surface area (Å²) in [6.45, 7) is 3.32. The zero-order valence-corrected chi connectivity index (χ0v) is 13.3. The number of H-pyrrole nitrogens is 1. The molecule has 2 atom stereocenters. The average molecular weight is 314 g/mol. The monoisotopic (exact) mass is 314 g/mol. The summed E-state index contributed by atoms with van der Waals surface area (Å²) >= 11 is 0. The number of imidazole rings is 1. The summed E-state index contributed by atoms with van der Waals surface area (Å²) in [5.74, 6) is 0.584. The van der Waals surface area contributed by atoms with Crippen molar-refractivity contribution in [3.8, 4) is 0 Å². The maximum absolute atomic E-state index is 12.5. The van der Waals surface area contributed by atoms with E-state index in [2.05, 4.69) is 20.3 Å². The average Bonchev–Trinajstić information content (AvgIpc) is 3.11. The van der Waals surface area contributed by atoms with Crippen molar-refractivity contribution in [3.05, 3.63) is 47.8 Å². The number of carbonyl (C=O) groups is 1. The zero-order chi connectivity index (χ0) is 16.1. The fourth-order valence-corrected chi connectivity index (χ4v) is 2.99. The molecule has 2 aromatic rings. The van der Waals surface area contributed by atoms with Gasteiger partial charge in [-0.2, -0.15) is 0 Å². The molecule has 122 valence electrons. The number of rotatable bonds is 5. The van der Waals surface area contributed by atoms with E-state index in [1.807, 2.05) is 19.2 Å². The molecule has 1 saturated heterocycles. The van der Waals surface area contributed by atoms with Crippen molar-refractivity contribution < 1.29 is 9.53 Å². The van der Waals surface area contributed by atoms with E-state index in [0.29, 0.717) is 13.2 Å². The standard InChI is InChI=1S/C17H22N4O2/c1-12-11-18-6-4-13(12)5-7-21-17(22)14-3-2-10-23-15(14)16-19-8-9-20-16/h4,6,8-9,11,14-15H,2-3,5,7,10H2,1H3,(H,19,20)(H,21,22)/t14-,15-/m1/s1. The van der Waals surface area contributed by atoms with Crippen molar-refractivity contribution >= 4 is 5.91 Å². The molecule has 2 N–H and O–H groups in total. The number of aromatic nitrogens is 3.